The van der Waals surface area contributed by atoms with E-state index >= 15 is 0 Å². The van der Waals surface area contributed by atoms with Crippen LogP contribution in [0.5, 0.6) is 11.5 Å². The van der Waals surface area contributed by atoms with E-state index in [0.717, 1.165) is 4.57 Å². The number of amides is 1. The fraction of sp³-hybridized carbons (Fsp3) is 0.333. The molecule has 0 spiro atoms. The fourth-order valence-corrected chi connectivity index (χ4v) is 2.12. The summed E-state index contributed by atoms with van der Waals surface area (Å²) in [4.78, 5) is 38.8. The maximum absolute atomic E-state index is 12.5. The van der Waals surface area contributed by atoms with Gasteiger partial charge >= 0.3 is 5.97 Å². The quantitative estimate of drug-likeness (QED) is 0.731. The van der Waals surface area contributed by atoms with E-state index in [1.54, 1.807) is 6.07 Å². The van der Waals surface area contributed by atoms with E-state index < -0.39 is 17.4 Å². The number of carbonyl (C=O) groups excluding carboxylic acids is 1. The number of carboxylic acids is 1. The molecule has 0 radical (unpaired) electrons. The first-order valence-corrected chi connectivity index (χ1v) is 7.06. The van der Waals surface area contributed by atoms with Crippen molar-refractivity contribution >= 4 is 22.8 Å². The molecule has 0 unspecified atom stereocenters. The summed E-state index contributed by atoms with van der Waals surface area (Å²) in [6.07, 6.45) is 1.07. The molecule has 0 saturated heterocycles. The van der Waals surface area contributed by atoms with Crippen LogP contribution in [0.25, 0.3) is 10.9 Å². The fourth-order valence-electron chi connectivity index (χ4n) is 2.12. The van der Waals surface area contributed by atoms with E-state index in [1.165, 1.54) is 26.6 Å². The highest BCUT2D eigenvalue weighted by Gasteiger charge is 2.12. The van der Waals surface area contributed by atoms with E-state index in [2.05, 4.69) is 10.3 Å². The van der Waals surface area contributed by atoms with Crippen molar-refractivity contribution in [2.45, 2.75) is 13.0 Å². The molecule has 0 saturated carbocycles. The molecule has 0 atom stereocenters. The van der Waals surface area contributed by atoms with Gasteiger partial charge in [0.2, 0.25) is 5.91 Å². The van der Waals surface area contributed by atoms with Crippen LogP contribution >= 0.6 is 0 Å². The average Bonchev–Trinajstić information content (AvgIpc) is 2.56. The first-order valence-electron chi connectivity index (χ1n) is 7.06. The van der Waals surface area contributed by atoms with Gasteiger partial charge in [-0.1, -0.05) is 0 Å². The molecule has 0 aliphatic heterocycles. The average molecular weight is 335 g/mol. The molecule has 0 aliphatic carbocycles. The minimum absolute atomic E-state index is 0.00501. The molecule has 0 aliphatic rings. The van der Waals surface area contributed by atoms with Crippen LogP contribution in [0.2, 0.25) is 0 Å². The van der Waals surface area contributed by atoms with E-state index in [-0.39, 0.29) is 24.9 Å². The van der Waals surface area contributed by atoms with Crippen LogP contribution in [0.1, 0.15) is 6.42 Å². The molecule has 1 amide bonds. The number of aliphatic carboxylic acids is 1. The van der Waals surface area contributed by atoms with Gasteiger partial charge in [0.15, 0.2) is 11.5 Å². The third-order valence-corrected chi connectivity index (χ3v) is 3.30. The molecule has 1 aromatic carbocycles. The van der Waals surface area contributed by atoms with Gasteiger partial charge in [0.25, 0.3) is 5.56 Å². The lowest BCUT2D eigenvalue weighted by atomic mass is 10.2. The summed E-state index contributed by atoms with van der Waals surface area (Å²) < 4.78 is 11.5. The molecule has 0 bridgehead atoms. The SMILES string of the molecule is COc1cc2ncn(CC(=O)NCCC(=O)O)c(=O)c2cc1OC. The van der Waals surface area contributed by atoms with Crippen molar-refractivity contribution in [3.05, 3.63) is 28.8 Å². The van der Waals surface area contributed by atoms with Crippen molar-refractivity contribution < 1.29 is 24.2 Å². The number of carboxylic acid groups (broad SMARTS) is 1. The maximum Gasteiger partial charge on any atom is 0.305 e. The van der Waals surface area contributed by atoms with Crippen LogP contribution in [-0.2, 0) is 16.1 Å². The van der Waals surface area contributed by atoms with Crippen LogP contribution in [0, 0.1) is 0 Å². The van der Waals surface area contributed by atoms with E-state index in [1.807, 2.05) is 0 Å². The molecule has 24 heavy (non-hydrogen) atoms. The number of carbonyl (C=O) groups is 2. The summed E-state index contributed by atoms with van der Waals surface area (Å²) in [5.74, 6) is -0.658. The van der Waals surface area contributed by atoms with Crippen LogP contribution in [-0.4, -0.2) is 47.3 Å². The van der Waals surface area contributed by atoms with Gasteiger partial charge < -0.3 is 19.9 Å². The van der Waals surface area contributed by atoms with Gasteiger partial charge in [-0.2, -0.15) is 0 Å². The number of hydrogen-bond acceptors (Lipinski definition) is 6. The second-order valence-corrected chi connectivity index (χ2v) is 4.90. The topological polar surface area (TPSA) is 120 Å². The first kappa shape index (κ1) is 17.3. The summed E-state index contributed by atoms with van der Waals surface area (Å²) in [6.45, 7) is -0.259. The maximum atomic E-state index is 12.5. The number of nitrogens with zero attached hydrogens (tertiary/aromatic N) is 2. The summed E-state index contributed by atoms with van der Waals surface area (Å²) in [5, 5.41) is 11.2. The van der Waals surface area contributed by atoms with Gasteiger partial charge in [-0.05, 0) is 6.07 Å². The lowest BCUT2D eigenvalue weighted by Gasteiger charge is -2.10. The van der Waals surface area contributed by atoms with E-state index in [4.69, 9.17) is 14.6 Å². The number of hydrogen-bond donors (Lipinski definition) is 2. The number of nitrogens with one attached hydrogen (secondary N) is 1. The molecule has 1 heterocycles. The van der Waals surface area contributed by atoms with Gasteiger partial charge in [0.05, 0.1) is 37.9 Å². The number of fused-ring (bicyclic) bond motifs is 1. The molecule has 128 valence electrons. The zero-order chi connectivity index (χ0) is 17.7. The van der Waals surface area contributed by atoms with Gasteiger partial charge in [-0.3, -0.25) is 19.0 Å². The van der Waals surface area contributed by atoms with Crippen molar-refractivity contribution in [2.24, 2.45) is 0 Å². The monoisotopic (exact) mass is 335 g/mol. The Bertz CT molecular complexity index is 830. The highest BCUT2D eigenvalue weighted by molar-refractivity contribution is 5.82. The van der Waals surface area contributed by atoms with Gasteiger partial charge in [0, 0.05) is 12.6 Å². The highest BCUT2D eigenvalue weighted by atomic mass is 16.5. The van der Waals surface area contributed by atoms with Crippen LogP contribution in [0.3, 0.4) is 0 Å². The standard InChI is InChI=1S/C15H17N3O6/c1-23-11-5-9-10(6-12(11)24-2)17-8-18(15(9)22)7-13(19)16-4-3-14(20)21/h5-6,8H,3-4,7H2,1-2H3,(H,16,19)(H,20,21). The Morgan fingerprint density at radius 2 is 1.92 bits per heavy atom. The van der Waals surface area contributed by atoms with Crippen LogP contribution < -0.4 is 20.3 Å². The van der Waals surface area contributed by atoms with Crippen molar-refractivity contribution in [3.63, 3.8) is 0 Å². The predicted molar refractivity (Wildman–Crippen MR) is 84.4 cm³/mol. The Morgan fingerprint density at radius 1 is 1.25 bits per heavy atom. The minimum atomic E-state index is -1.01. The van der Waals surface area contributed by atoms with Gasteiger partial charge in [0.1, 0.15) is 6.54 Å². The van der Waals surface area contributed by atoms with Crippen molar-refractivity contribution in [1.82, 2.24) is 14.9 Å². The molecule has 1 aromatic heterocycles. The summed E-state index contributed by atoms with van der Waals surface area (Å²) in [7, 11) is 2.93. The summed E-state index contributed by atoms with van der Waals surface area (Å²) in [5.41, 5.74) is 0.00882. The van der Waals surface area contributed by atoms with E-state index in [9.17, 15) is 14.4 Å². The second-order valence-electron chi connectivity index (χ2n) is 4.90. The Morgan fingerprint density at radius 3 is 2.54 bits per heavy atom. The molecule has 9 nitrogen and oxygen atoms in total. The molecule has 2 rings (SSSR count). The molecule has 2 N–H and O–H groups in total. The van der Waals surface area contributed by atoms with Crippen molar-refractivity contribution in [1.29, 1.82) is 0 Å². The predicted octanol–water partition coefficient (Wildman–Crippen LogP) is 0.00460. The third kappa shape index (κ3) is 3.80. The number of rotatable bonds is 7. The smallest absolute Gasteiger partial charge is 0.305 e. The Labute approximate surface area is 136 Å². The lowest BCUT2D eigenvalue weighted by molar-refractivity contribution is -0.136. The zero-order valence-electron chi connectivity index (χ0n) is 13.2. The van der Waals surface area contributed by atoms with Crippen LogP contribution in [0.4, 0.5) is 0 Å². The zero-order valence-corrected chi connectivity index (χ0v) is 13.2. The molecule has 9 heteroatoms. The molecule has 0 fully saturated rings. The molecular weight excluding hydrogens is 318 g/mol. The van der Waals surface area contributed by atoms with Gasteiger partial charge in [-0.15, -0.1) is 0 Å². The Balaban J connectivity index is 2.26. The highest BCUT2D eigenvalue weighted by Crippen LogP contribution is 2.29. The lowest BCUT2D eigenvalue weighted by Crippen LogP contribution is -2.33. The number of benzene rings is 1. The van der Waals surface area contributed by atoms with Crippen molar-refractivity contribution in [2.75, 3.05) is 20.8 Å². The first-order chi connectivity index (χ1) is 11.5. The number of ether oxygens (including phenoxy) is 2. The Kier molecular flexibility index (Phi) is 5.35. The molecule has 2 aromatic rings. The van der Waals surface area contributed by atoms with Crippen molar-refractivity contribution in [3.8, 4) is 11.5 Å². The van der Waals surface area contributed by atoms with E-state index in [0.29, 0.717) is 17.0 Å². The second kappa shape index (κ2) is 7.44. The third-order valence-electron chi connectivity index (χ3n) is 3.30. The molecular formula is C15H17N3O6. The normalized spacial score (nSPS) is 10.4. The van der Waals surface area contributed by atoms with Crippen LogP contribution in [0.15, 0.2) is 23.3 Å². The number of aromatic nitrogens is 2. The Hall–Kier alpha value is -3.10. The summed E-state index contributed by atoms with van der Waals surface area (Å²) in [6, 6.07) is 3.08. The number of methoxy groups -OCH3 is 2. The van der Waals surface area contributed by atoms with Gasteiger partial charge in [-0.25, -0.2) is 4.98 Å². The minimum Gasteiger partial charge on any atom is -0.493 e. The largest absolute Gasteiger partial charge is 0.493 e. The summed E-state index contributed by atoms with van der Waals surface area (Å²) >= 11 is 0.